The first-order valence-corrected chi connectivity index (χ1v) is 44.2. The lowest BCUT2D eigenvalue weighted by molar-refractivity contribution is -0.142. The van der Waals surface area contributed by atoms with E-state index in [0.29, 0.717) is 22.6 Å². The van der Waals surface area contributed by atoms with Crippen LogP contribution in [-0.2, 0) is 96.0 Å². The van der Waals surface area contributed by atoms with Gasteiger partial charge in [-0.05, 0) is 105 Å². The van der Waals surface area contributed by atoms with Crippen molar-refractivity contribution in [2.24, 2.45) is 28.9 Å². The number of aromatic hydroxyl groups is 1. The summed E-state index contributed by atoms with van der Waals surface area (Å²) in [7, 11) is 1.62. The number of carbonyl (C=O) groups excluding carboxylic acids is 15. The number of phenolic OH excluding ortho intramolecular Hbond substituents is 1. The maximum atomic E-state index is 15.1. The van der Waals surface area contributed by atoms with E-state index in [-0.39, 0.29) is 114 Å². The van der Waals surface area contributed by atoms with Crippen LogP contribution in [0.1, 0.15) is 94.9 Å². The molecule has 2 saturated heterocycles. The number of carboxylic acids is 1. The lowest BCUT2D eigenvalue weighted by Gasteiger charge is -2.29. The summed E-state index contributed by atoms with van der Waals surface area (Å²) in [5.74, 6) is -18.9. The highest BCUT2D eigenvalue weighted by atomic mass is 33.1. The van der Waals surface area contributed by atoms with E-state index in [2.05, 4.69) is 89.7 Å². The number of thioether (sulfide) groups is 2. The summed E-state index contributed by atoms with van der Waals surface area (Å²) >= 11 is 2.64. The quantitative estimate of drug-likeness (QED) is 0.0120. The zero-order valence-electron chi connectivity index (χ0n) is 67.4. The number of hydrogen-bond donors (Lipinski definition) is 25. The fourth-order valence-corrected chi connectivity index (χ4v) is 15.6. The monoisotopic (exact) mass is 1770 g/mol. The molecule has 2 aromatic carbocycles. The first-order chi connectivity index (χ1) is 57.6. The van der Waals surface area contributed by atoms with Crippen LogP contribution in [-0.4, -0.2) is 290 Å². The predicted octanol–water partition coefficient (Wildman–Crippen LogP) is -6.55. The molecule has 0 unspecified atom stereocenters. The molecule has 0 spiro atoms. The Bertz CT molecular complexity index is 4030. The minimum Gasteiger partial charge on any atom is -0.508 e. The number of nitrogens with zero attached hydrogens (tertiary/aromatic N) is 2. The van der Waals surface area contributed by atoms with E-state index in [0.717, 1.165) is 21.6 Å². The van der Waals surface area contributed by atoms with Crippen molar-refractivity contribution in [2.45, 2.75) is 176 Å². The molecule has 0 aliphatic carbocycles. The normalized spacial score (nSPS) is 22.5. The molecule has 1 aromatic heterocycles. The molecule has 0 saturated carbocycles. The second-order valence-corrected chi connectivity index (χ2v) is 33.0. The summed E-state index contributed by atoms with van der Waals surface area (Å²) in [5.41, 5.74) is 24.2. The minimum absolute atomic E-state index is 0.0206. The van der Waals surface area contributed by atoms with Crippen LogP contribution in [0.25, 0.3) is 0 Å². The van der Waals surface area contributed by atoms with Gasteiger partial charge in [0.15, 0.2) is 11.9 Å². The molecule has 0 radical (unpaired) electrons. The van der Waals surface area contributed by atoms with E-state index in [9.17, 15) is 87.2 Å². The highest BCUT2D eigenvalue weighted by molar-refractivity contribution is 8.76. The van der Waals surface area contributed by atoms with Gasteiger partial charge in [-0.1, -0.05) is 84.3 Å². The highest BCUT2D eigenvalue weighted by Crippen LogP contribution is 2.25. The van der Waals surface area contributed by atoms with Crippen molar-refractivity contribution in [3.8, 4) is 5.75 Å². The van der Waals surface area contributed by atoms with E-state index in [4.69, 9.17) is 33.8 Å². The Kier molecular flexibility index (Phi) is 43.8. The third kappa shape index (κ3) is 35.6. The fraction of sp³-hybridized carbons (Fsp3) is 0.554. The van der Waals surface area contributed by atoms with Gasteiger partial charge >= 0.3 is 5.97 Å². The lowest BCUT2D eigenvalue weighted by Crippen LogP contribution is -2.62. The van der Waals surface area contributed by atoms with Crippen molar-refractivity contribution in [1.82, 2.24) is 94.6 Å². The first kappa shape index (κ1) is 100. The molecule has 2 fully saturated rings. The third-order valence-corrected chi connectivity index (χ3v) is 22.9. The summed E-state index contributed by atoms with van der Waals surface area (Å²) in [6, 6.07) is -6.92. The van der Waals surface area contributed by atoms with Gasteiger partial charge in [-0.15, -0.1) is 0 Å². The van der Waals surface area contributed by atoms with Crippen LogP contribution < -0.4 is 103 Å². The Morgan fingerprint density at radius 3 is 1.87 bits per heavy atom. The molecule has 0 bridgehead atoms. The Morgan fingerprint density at radius 1 is 0.636 bits per heavy atom. The number of aliphatic carboxylic acids is 1. The predicted molar refractivity (Wildman–Crippen MR) is 451 cm³/mol. The van der Waals surface area contributed by atoms with Gasteiger partial charge in [0.05, 0.1) is 38.5 Å². The summed E-state index contributed by atoms with van der Waals surface area (Å²) in [4.78, 5) is 236. The molecule has 121 heavy (non-hydrogen) atoms. The largest absolute Gasteiger partial charge is 0.508 e. The molecule has 43 nitrogen and oxygen atoms in total. The number of carbonyl (C=O) groups is 16. The number of guanidine groups is 2. The van der Waals surface area contributed by atoms with Gasteiger partial charge in [-0.25, -0.2) is 4.98 Å². The number of aliphatic hydroxyl groups is 1. The van der Waals surface area contributed by atoms with Gasteiger partial charge in [-0.2, -0.15) is 23.5 Å². The molecule has 15 amide bonds. The number of fused-ring (bicyclic) bond motifs is 1. The van der Waals surface area contributed by atoms with E-state index >= 15 is 4.79 Å². The molecule has 3 heterocycles. The smallest absolute Gasteiger partial charge is 0.305 e. The number of rotatable bonds is 32. The molecule has 666 valence electrons. The van der Waals surface area contributed by atoms with E-state index in [1.165, 1.54) is 72.1 Å². The van der Waals surface area contributed by atoms with Gasteiger partial charge in [0.25, 0.3) is 0 Å². The van der Waals surface area contributed by atoms with Crippen molar-refractivity contribution in [2.75, 3.05) is 74.9 Å². The molecule has 5 rings (SSSR count). The number of aromatic amines is 1. The SMILES string of the molecule is CC[C@H](C)[C@@H]1NC(=O)[C@@H](CCCNC(=N)N)NC(=O)[C@H](CC(=O)O)NC(=O)[C@@H](CCSC)NC(=O)[C@@H]2CCCN2C(=O)CNC(=O)CNC(=O)[C@@H](Cc2ccccc2)NC(=O)[C@H](Cc2cnc[nH]2)NC(=O)[C@@H](NC(=O)[C@@H](N)CCSC)CSSC[C@H](C(=O)N[C@@H](Cc2ccc(O)cc2)C(=O)N[C@@H](CCCNC(=N)N)C(N)=O)NC(=O)[C@@H](CO)NC1=O. The minimum atomic E-state index is -1.99. The number of nitrogens with two attached hydrogens (primary N) is 4. The number of carboxylic acid groups (broad SMARTS) is 1. The molecule has 3 aromatic rings. The number of imidazole rings is 1. The number of nitrogens with one attached hydrogen (secondary N) is 18. The third-order valence-electron chi connectivity index (χ3n) is 19.2. The Labute approximate surface area is 714 Å². The number of phenols is 1. The van der Waals surface area contributed by atoms with E-state index < -0.39 is 223 Å². The zero-order valence-corrected chi connectivity index (χ0v) is 70.7. The van der Waals surface area contributed by atoms with Crippen molar-refractivity contribution in [1.29, 1.82) is 10.8 Å². The fourth-order valence-electron chi connectivity index (χ4n) is 12.3. The summed E-state index contributed by atoms with van der Waals surface area (Å²) in [6.45, 7) is 0.519. The number of hydrogen-bond acceptors (Lipinski definition) is 26. The maximum Gasteiger partial charge on any atom is 0.305 e. The number of amides is 15. The number of H-pyrrole nitrogens is 1. The molecular weight excluding hydrogens is 1660 g/mol. The molecule has 2 aliphatic heterocycles. The van der Waals surface area contributed by atoms with Crippen LogP contribution in [0.5, 0.6) is 5.75 Å². The van der Waals surface area contributed by atoms with Crippen LogP contribution in [0.4, 0.5) is 0 Å². The Balaban J connectivity index is 1.64. The van der Waals surface area contributed by atoms with Gasteiger partial charge in [0.2, 0.25) is 88.6 Å². The topological polar surface area (TPSA) is 698 Å². The second kappa shape index (κ2) is 52.8. The zero-order chi connectivity index (χ0) is 89.3. The molecule has 2 aliphatic rings. The summed E-state index contributed by atoms with van der Waals surface area (Å²) in [6.07, 6.45) is 4.39. The molecular formula is C74H112N24O19S4. The maximum absolute atomic E-state index is 15.1. The second-order valence-electron chi connectivity index (χ2n) is 28.5. The van der Waals surface area contributed by atoms with Crippen LogP contribution >= 0.6 is 45.1 Å². The van der Waals surface area contributed by atoms with Crippen LogP contribution in [0.2, 0.25) is 0 Å². The number of primary amides is 1. The van der Waals surface area contributed by atoms with Crippen LogP contribution in [0.15, 0.2) is 67.1 Å². The summed E-state index contributed by atoms with van der Waals surface area (Å²) in [5, 5.41) is 84.5. The van der Waals surface area contributed by atoms with Crippen molar-refractivity contribution >= 4 is 152 Å². The van der Waals surface area contributed by atoms with Crippen LogP contribution in [0.3, 0.4) is 0 Å². The van der Waals surface area contributed by atoms with Gasteiger partial charge in [0, 0.05) is 62.3 Å². The van der Waals surface area contributed by atoms with Crippen molar-refractivity contribution < 1.29 is 92.0 Å². The van der Waals surface area contributed by atoms with Gasteiger partial charge < -0.3 is 128 Å². The Morgan fingerprint density at radius 2 is 1.23 bits per heavy atom. The molecule has 14 atom stereocenters. The molecule has 47 heteroatoms. The summed E-state index contributed by atoms with van der Waals surface area (Å²) < 4.78 is 0. The van der Waals surface area contributed by atoms with Gasteiger partial charge in [0.1, 0.15) is 78.3 Å². The first-order valence-electron chi connectivity index (χ1n) is 38.9. The average Bonchev–Trinajstić information content (AvgIpc) is 1.78. The van der Waals surface area contributed by atoms with E-state index in [1.807, 2.05) is 0 Å². The van der Waals surface area contributed by atoms with Gasteiger partial charge in [-0.3, -0.25) is 87.5 Å². The lowest BCUT2D eigenvalue weighted by atomic mass is 9.97. The standard InChI is InChI=1S/C74H112N24O19S4/c1-5-39(2)59-72(117)94-52(35-99)68(113)96-54(70(115)91-49(29-41-17-19-43(100)20-18-41)65(110)87-45(60(76)105)14-9-23-82-73(77)78)37-121-120-36-53(95-61(106)44(75)21-26-118-3)69(114)92-50(30-42-32-81-38-86-42)66(111)90-48(28-40-12-7-6-8-13-40)62(107)85-33-56(101)84-34-57(102)98-25-11-16-55(98)71(116)89-47(22-27-119-4)63(108)93-51(31-58(103)104)67(112)88-46(64(109)97-59)15-10-24-83-74(79)80/h6-8,12-13,17-20,32,38-39,44-55,59,99-100H,5,9-11,14-16,21-31,33-37,75H2,1-4H3,(H2,76,105)(H,81,86)(H,84,101)(H,85,107)(H,87,110)(H,88,112)(H,89,116)(H,90,111)(H,91,115)(H,92,114)(H,93,108)(H,94,117)(H,95,106)(H,96,113)(H,97,109)(H,103,104)(H4,77,78,82)(H4,79,80,83)/t39-,44-,45-,46+,47+,48+,49-,50-,51-,52+,53-,54+,55-,59-/m0/s1. The number of aromatic nitrogens is 2. The number of benzene rings is 2. The molecule has 29 N–H and O–H groups in total. The number of aliphatic hydroxyl groups excluding tert-OH is 1. The van der Waals surface area contributed by atoms with E-state index in [1.54, 1.807) is 49.8 Å². The Hall–Kier alpha value is -11.2. The highest BCUT2D eigenvalue weighted by Gasteiger charge is 2.41. The average molecular weight is 1770 g/mol. The van der Waals surface area contributed by atoms with Crippen LogP contribution in [0, 0.1) is 16.7 Å². The van der Waals surface area contributed by atoms with Crippen molar-refractivity contribution in [3.63, 3.8) is 0 Å². The van der Waals surface area contributed by atoms with Crippen molar-refractivity contribution in [3.05, 3.63) is 83.9 Å².